The summed E-state index contributed by atoms with van der Waals surface area (Å²) in [6.07, 6.45) is 0. The van der Waals surface area contributed by atoms with Gasteiger partial charge in [-0.25, -0.2) is 0 Å². The van der Waals surface area contributed by atoms with Crippen LogP contribution in [0.5, 0.6) is 5.75 Å². The lowest BCUT2D eigenvalue weighted by Gasteiger charge is -2.29. The van der Waals surface area contributed by atoms with Crippen LogP contribution in [-0.2, 0) is 9.59 Å². The van der Waals surface area contributed by atoms with Crippen LogP contribution >= 0.6 is 23.2 Å². The van der Waals surface area contributed by atoms with Crippen molar-refractivity contribution in [3.63, 3.8) is 0 Å². The molecule has 7 heteroatoms. The Kier molecular flexibility index (Phi) is 4.41. The Labute approximate surface area is 142 Å². The smallest absolute Gasteiger partial charge is 0.265 e. The molecule has 0 aliphatic carbocycles. The second-order valence-corrected chi connectivity index (χ2v) is 5.72. The molecule has 1 aliphatic heterocycles. The summed E-state index contributed by atoms with van der Waals surface area (Å²) < 4.78 is 5.44. The molecule has 0 aromatic heterocycles. The Morgan fingerprint density at radius 1 is 1.17 bits per heavy atom. The summed E-state index contributed by atoms with van der Waals surface area (Å²) in [6.45, 7) is -0.250. The number of para-hydroxylation sites is 2. The number of anilines is 2. The van der Waals surface area contributed by atoms with Crippen LogP contribution in [0.3, 0.4) is 0 Å². The molecule has 0 spiro atoms. The van der Waals surface area contributed by atoms with Gasteiger partial charge in [-0.2, -0.15) is 0 Å². The molecule has 23 heavy (non-hydrogen) atoms. The van der Waals surface area contributed by atoms with Gasteiger partial charge >= 0.3 is 0 Å². The molecule has 3 rings (SSSR count). The summed E-state index contributed by atoms with van der Waals surface area (Å²) in [5.74, 6) is -0.132. The normalized spacial score (nSPS) is 13.3. The van der Waals surface area contributed by atoms with Crippen molar-refractivity contribution in [2.75, 3.05) is 23.4 Å². The Hall–Kier alpha value is -2.24. The maximum atomic E-state index is 12.4. The van der Waals surface area contributed by atoms with Crippen molar-refractivity contribution >= 4 is 46.4 Å². The third-order valence-corrected chi connectivity index (χ3v) is 4.06. The van der Waals surface area contributed by atoms with Crippen molar-refractivity contribution in [2.24, 2.45) is 0 Å². The molecule has 1 N–H and O–H groups in total. The largest absolute Gasteiger partial charge is 0.484 e. The average Bonchev–Trinajstić information content (AvgIpc) is 2.54. The van der Waals surface area contributed by atoms with Gasteiger partial charge < -0.3 is 10.1 Å². The molecule has 2 amide bonds. The van der Waals surface area contributed by atoms with E-state index in [0.717, 1.165) is 0 Å². The Morgan fingerprint density at radius 2 is 1.96 bits per heavy atom. The highest BCUT2D eigenvalue weighted by Crippen LogP contribution is 2.29. The van der Waals surface area contributed by atoms with Gasteiger partial charge in [0.25, 0.3) is 5.91 Å². The molecule has 0 unspecified atom stereocenters. The Bertz CT molecular complexity index is 780. The predicted molar refractivity (Wildman–Crippen MR) is 89.4 cm³/mol. The molecule has 1 aliphatic rings. The summed E-state index contributed by atoms with van der Waals surface area (Å²) >= 11 is 11.7. The number of hydrogen-bond acceptors (Lipinski definition) is 3. The van der Waals surface area contributed by atoms with Gasteiger partial charge in [-0.3, -0.25) is 14.5 Å². The first-order chi connectivity index (χ1) is 11.0. The van der Waals surface area contributed by atoms with Crippen LogP contribution in [0.15, 0.2) is 42.5 Å². The number of halogens is 2. The topological polar surface area (TPSA) is 58.6 Å². The second-order valence-electron chi connectivity index (χ2n) is 4.91. The van der Waals surface area contributed by atoms with Crippen LogP contribution in [0.1, 0.15) is 0 Å². The number of nitrogens with zero attached hydrogens (tertiary/aromatic N) is 1. The van der Waals surface area contributed by atoms with E-state index in [0.29, 0.717) is 27.2 Å². The highest BCUT2D eigenvalue weighted by molar-refractivity contribution is 6.42. The number of rotatable bonds is 3. The summed E-state index contributed by atoms with van der Waals surface area (Å²) in [5, 5.41) is 3.48. The number of carbonyl (C=O) groups is 2. The quantitative estimate of drug-likeness (QED) is 0.923. The molecular weight excluding hydrogens is 339 g/mol. The van der Waals surface area contributed by atoms with E-state index in [1.54, 1.807) is 36.4 Å². The van der Waals surface area contributed by atoms with Gasteiger partial charge in [0.1, 0.15) is 12.3 Å². The van der Waals surface area contributed by atoms with E-state index in [1.165, 1.54) is 11.0 Å². The monoisotopic (exact) mass is 350 g/mol. The van der Waals surface area contributed by atoms with E-state index in [9.17, 15) is 9.59 Å². The minimum absolute atomic E-state index is 0.0411. The van der Waals surface area contributed by atoms with E-state index in [2.05, 4.69) is 5.32 Å². The zero-order valence-electron chi connectivity index (χ0n) is 11.9. The van der Waals surface area contributed by atoms with Crippen LogP contribution in [0.25, 0.3) is 0 Å². The summed E-state index contributed by atoms with van der Waals surface area (Å²) in [5.41, 5.74) is 1.25. The van der Waals surface area contributed by atoms with Gasteiger partial charge in [0.15, 0.2) is 6.61 Å². The van der Waals surface area contributed by atoms with Crippen molar-refractivity contribution in [3.8, 4) is 5.75 Å². The second kappa shape index (κ2) is 6.48. The lowest BCUT2D eigenvalue weighted by Crippen LogP contribution is -2.44. The van der Waals surface area contributed by atoms with Crippen molar-refractivity contribution in [2.45, 2.75) is 0 Å². The fraction of sp³-hybridized carbons (Fsp3) is 0.125. The number of hydrogen-bond donors (Lipinski definition) is 1. The highest BCUT2D eigenvalue weighted by atomic mass is 35.5. The molecule has 0 fully saturated rings. The fourth-order valence-corrected chi connectivity index (χ4v) is 2.53. The first-order valence-electron chi connectivity index (χ1n) is 6.81. The van der Waals surface area contributed by atoms with Gasteiger partial charge in [-0.05, 0) is 24.3 Å². The molecule has 0 saturated carbocycles. The average molecular weight is 351 g/mol. The maximum Gasteiger partial charge on any atom is 0.265 e. The minimum atomic E-state index is -0.321. The SMILES string of the molecule is O=C1CN(C(=O)COc2ccc(Cl)c(Cl)c2)c2ccccc2N1. The zero-order valence-corrected chi connectivity index (χ0v) is 13.4. The summed E-state index contributed by atoms with van der Waals surface area (Å²) in [6, 6.07) is 11.9. The molecule has 0 bridgehead atoms. The molecule has 0 saturated heterocycles. The molecular formula is C16H12Cl2N2O3. The van der Waals surface area contributed by atoms with Crippen LogP contribution in [0.4, 0.5) is 11.4 Å². The summed E-state index contributed by atoms with van der Waals surface area (Å²) in [7, 11) is 0. The van der Waals surface area contributed by atoms with E-state index in [1.807, 2.05) is 0 Å². The van der Waals surface area contributed by atoms with E-state index in [-0.39, 0.29) is 25.0 Å². The molecule has 0 radical (unpaired) electrons. The van der Waals surface area contributed by atoms with Crippen LogP contribution in [-0.4, -0.2) is 25.0 Å². The number of ether oxygens (including phenoxy) is 1. The zero-order chi connectivity index (χ0) is 16.4. The number of carbonyl (C=O) groups excluding carboxylic acids is 2. The Balaban J connectivity index is 1.73. The number of fused-ring (bicyclic) bond motifs is 1. The molecule has 1 heterocycles. The van der Waals surface area contributed by atoms with Crippen molar-refractivity contribution < 1.29 is 14.3 Å². The lowest BCUT2D eigenvalue weighted by atomic mass is 10.2. The van der Waals surface area contributed by atoms with Gasteiger partial charge in [-0.15, -0.1) is 0 Å². The third-order valence-electron chi connectivity index (χ3n) is 3.33. The predicted octanol–water partition coefficient (Wildman–Crippen LogP) is 3.36. The highest BCUT2D eigenvalue weighted by Gasteiger charge is 2.26. The molecule has 2 aromatic carbocycles. The lowest BCUT2D eigenvalue weighted by molar-refractivity contribution is -0.123. The van der Waals surface area contributed by atoms with Gasteiger partial charge in [0, 0.05) is 6.07 Å². The minimum Gasteiger partial charge on any atom is -0.484 e. The number of benzene rings is 2. The van der Waals surface area contributed by atoms with E-state index in [4.69, 9.17) is 27.9 Å². The van der Waals surface area contributed by atoms with Crippen molar-refractivity contribution in [1.29, 1.82) is 0 Å². The first-order valence-corrected chi connectivity index (χ1v) is 7.57. The summed E-state index contributed by atoms with van der Waals surface area (Å²) in [4.78, 5) is 25.5. The first kappa shape index (κ1) is 15.6. The van der Waals surface area contributed by atoms with Crippen LogP contribution < -0.4 is 15.0 Å². The molecule has 118 valence electrons. The van der Waals surface area contributed by atoms with E-state index < -0.39 is 0 Å². The van der Waals surface area contributed by atoms with Gasteiger partial charge in [0.05, 0.1) is 21.4 Å². The molecule has 5 nitrogen and oxygen atoms in total. The van der Waals surface area contributed by atoms with Gasteiger partial charge in [-0.1, -0.05) is 35.3 Å². The molecule has 2 aromatic rings. The molecule has 0 atom stereocenters. The van der Waals surface area contributed by atoms with Crippen molar-refractivity contribution in [1.82, 2.24) is 0 Å². The van der Waals surface area contributed by atoms with Gasteiger partial charge in [0.2, 0.25) is 5.91 Å². The standard InChI is InChI=1S/C16H12Cl2N2O3/c17-11-6-5-10(7-12(11)18)23-9-16(22)20-8-15(21)19-13-3-1-2-4-14(13)20/h1-7H,8-9H2,(H,19,21). The van der Waals surface area contributed by atoms with Crippen LogP contribution in [0, 0.1) is 0 Å². The van der Waals surface area contributed by atoms with Crippen molar-refractivity contribution in [3.05, 3.63) is 52.5 Å². The van der Waals surface area contributed by atoms with E-state index >= 15 is 0 Å². The Morgan fingerprint density at radius 3 is 2.74 bits per heavy atom. The number of nitrogens with one attached hydrogen (secondary N) is 1. The third kappa shape index (κ3) is 3.41. The fourth-order valence-electron chi connectivity index (χ4n) is 2.25. The van der Waals surface area contributed by atoms with Crippen LogP contribution in [0.2, 0.25) is 10.0 Å². The maximum absolute atomic E-state index is 12.4. The number of amides is 2.